The minimum Gasteiger partial charge on any atom is -0.481 e. The Morgan fingerprint density at radius 2 is 1.48 bits per heavy atom. The number of aliphatic hydroxyl groups is 1. The summed E-state index contributed by atoms with van der Waals surface area (Å²) in [6.45, 7) is 4.14. The highest BCUT2D eigenvalue weighted by atomic mass is 16.4. The molecule has 0 fully saturated rings. The maximum absolute atomic E-state index is 12.6. The van der Waals surface area contributed by atoms with E-state index in [2.05, 4.69) is 16.0 Å². The lowest BCUT2D eigenvalue weighted by molar-refractivity contribution is -0.139. The number of aliphatic hydroxyl groups excluding tert-OH is 1. The second kappa shape index (κ2) is 12.7. The predicted octanol–water partition coefficient (Wildman–Crippen LogP) is -2.22. The Labute approximate surface area is 168 Å². The van der Waals surface area contributed by atoms with Gasteiger partial charge in [-0.15, -0.1) is 0 Å². The summed E-state index contributed by atoms with van der Waals surface area (Å²) >= 11 is 0. The predicted molar refractivity (Wildman–Crippen MR) is 100 cm³/mol. The molecule has 29 heavy (non-hydrogen) atoms. The molecule has 166 valence electrons. The molecule has 0 aromatic heterocycles. The standard InChI is InChI=1S/C17H30N4O8/c1-8(2)6-11(20-15(27)10(18)4-5-12(23)24)16(28)21-14(9(3)22)17(29)19-7-13(25)26/h8-11,14,22H,4-7,18H2,1-3H3,(H,19,29)(H,20,27)(H,21,28)(H,23,24)(H,25,26). The van der Waals surface area contributed by atoms with Gasteiger partial charge in [-0.1, -0.05) is 13.8 Å². The molecule has 0 radical (unpaired) electrons. The normalized spacial score (nSPS) is 15.0. The lowest BCUT2D eigenvalue weighted by Crippen LogP contribution is -2.58. The number of hydrogen-bond acceptors (Lipinski definition) is 7. The fraction of sp³-hybridized carbons (Fsp3) is 0.706. The smallest absolute Gasteiger partial charge is 0.322 e. The number of carbonyl (C=O) groups excluding carboxylic acids is 3. The number of nitrogens with two attached hydrogens (primary N) is 1. The van der Waals surface area contributed by atoms with E-state index in [1.54, 1.807) is 13.8 Å². The second-order valence-corrected chi connectivity index (χ2v) is 7.07. The van der Waals surface area contributed by atoms with Crippen molar-refractivity contribution in [2.24, 2.45) is 11.7 Å². The number of carboxylic acids is 2. The highest BCUT2D eigenvalue weighted by molar-refractivity contribution is 5.94. The first-order valence-electron chi connectivity index (χ1n) is 9.10. The molecular weight excluding hydrogens is 388 g/mol. The molecule has 0 saturated heterocycles. The molecule has 4 atom stereocenters. The van der Waals surface area contributed by atoms with Gasteiger partial charge in [0.1, 0.15) is 18.6 Å². The zero-order chi connectivity index (χ0) is 22.7. The van der Waals surface area contributed by atoms with Crippen LogP contribution in [0.1, 0.15) is 40.0 Å². The topological polar surface area (TPSA) is 208 Å². The summed E-state index contributed by atoms with van der Waals surface area (Å²) in [4.78, 5) is 58.0. The van der Waals surface area contributed by atoms with Crippen LogP contribution in [-0.2, 0) is 24.0 Å². The van der Waals surface area contributed by atoms with Crippen LogP contribution in [0.15, 0.2) is 0 Å². The molecule has 0 aliphatic carbocycles. The van der Waals surface area contributed by atoms with E-state index in [0.717, 1.165) is 0 Å². The van der Waals surface area contributed by atoms with Crippen LogP contribution in [0.4, 0.5) is 0 Å². The van der Waals surface area contributed by atoms with E-state index < -0.39 is 60.4 Å². The van der Waals surface area contributed by atoms with E-state index in [1.165, 1.54) is 6.92 Å². The summed E-state index contributed by atoms with van der Waals surface area (Å²) < 4.78 is 0. The molecule has 0 aromatic carbocycles. The van der Waals surface area contributed by atoms with Gasteiger partial charge in [0.2, 0.25) is 17.7 Å². The Balaban J connectivity index is 5.15. The number of carboxylic acid groups (broad SMARTS) is 2. The van der Waals surface area contributed by atoms with Gasteiger partial charge in [-0.05, 0) is 25.7 Å². The van der Waals surface area contributed by atoms with Crippen molar-refractivity contribution in [3.8, 4) is 0 Å². The monoisotopic (exact) mass is 418 g/mol. The number of rotatable bonds is 13. The van der Waals surface area contributed by atoms with Crippen molar-refractivity contribution in [3.05, 3.63) is 0 Å². The molecule has 3 amide bonds. The van der Waals surface area contributed by atoms with Crippen molar-refractivity contribution in [1.82, 2.24) is 16.0 Å². The Kier molecular flexibility index (Phi) is 11.5. The molecule has 12 nitrogen and oxygen atoms in total. The van der Waals surface area contributed by atoms with Crippen molar-refractivity contribution in [2.45, 2.75) is 64.3 Å². The molecule has 0 rings (SSSR count). The van der Waals surface area contributed by atoms with E-state index in [-0.39, 0.29) is 25.2 Å². The largest absolute Gasteiger partial charge is 0.481 e. The Bertz CT molecular complexity index is 608. The molecule has 0 heterocycles. The third-order valence-electron chi connectivity index (χ3n) is 3.82. The van der Waals surface area contributed by atoms with E-state index in [9.17, 15) is 29.1 Å². The van der Waals surface area contributed by atoms with Crippen LogP contribution in [0.5, 0.6) is 0 Å². The van der Waals surface area contributed by atoms with E-state index in [4.69, 9.17) is 15.9 Å². The van der Waals surface area contributed by atoms with Crippen molar-refractivity contribution >= 4 is 29.7 Å². The van der Waals surface area contributed by atoms with Gasteiger partial charge in [0.05, 0.1) is 12.1 Å². The maximum atomic E-state index is 12.6. The summed E-state index contributed by atoms with van der Waals surface area (Å²) in [6.07, 6.45) is -1.58. The third kappa shape index (κ3) is 11.0. The van der Waals surface area contributed by atoms with Crippen molar-refractivity contribution in [3.63, 3.8) is 0 Å². The van der Waals surface area contributed by atoms with Crippen LogP contribution < -0.4 is 21.7 Å². The van der Waals surface area contributed by atoms with Crippen LogP contribution in [0.3, 0.4) is 0 Å². The van der Waals surface area contributed by atoms with Gasteiger partial charge in [0, 0.05) is 6.42 Å². The maximum Gasteiger partial charge on any atom is 0.322 e. The highest BCUT2D eigenvalue weighted by Gasteiger charge is 2.31. The molecule has 12 heteroatoms. The lowest BCUT2D eigenvalue weighted by Gasteiger charge is -2.26. The summed E-state index contributed by atoms with van der Waals surface area (Å²) in [5.41, 5.74) is 5.64. The van der Waals surface area contributed by atoms with E-state index in [0.29, 0.717) is 0 Å². The van der Waals surface area contributed by atoms with E-state index in [1.807, 2.05) is 0 Å². The average Bonchev–Trinajstić information content (AvgIpc) is 2.60. The van der Waals surface area contributed by atoms with Gasteiger partial charge in [-0.2, -0.15) is 0 Å². The fourth-order valence-corrected chi connectivity index (χ4v) is 2.32. The molecule has 4 unspecified atom stereocenters. The molecule has 8 N–H and O–H groups in total. The van der Waals surface area contributed by atoms with Crippen molar-refractivity contribution < 1.29 is 39.3 Å². The second-order valence-electron chi connectivity index (χ2n) is 7.07. The SMILES string of the molecule is CC(C)CC(NC(=O)C(N)CCC(=O)O)C(=O)NC(C(=O)NCC(=O)O)C(C)O. The summed E-state index contributed by atoms with van der Waals surface area (Å²) in [7, 11) is 0. The summed E-state index contributed by atoms with van der Waals surface area (Å²) in [5, 5.41) is 33.8. The minimum atomic E-state index is -1.44. The number of amides is 3. The Morgan fingerprint density at radius 3 is 1.93 bits per heavy atom. The van der Waals surface area contributed by atoms with Crippen LogP contribution in [0.2, 0.25) is 0 Å². The molecule has 0 aliphatic heterocycles. The highest BCUT2D eigenvalue weighted by Crippen LogP contribution is 2.07. The molecule has 0 aliphatic rings. The van der Waals surface area contributed by atoms with E-state index >= 15 is 0 Å². The van der Waals surface area contributed by atoms with Crippen LogP contribution >= 0.6 is 0 Å². The minimum absolute atomic E-state index is 0.0351. The van der Waals surface area contributed by atoms with Gasteiger partial charge < -0.3 is 37.0 Å². The quantitative estimate of drug-likeness (QED) is 0.172. The molecular formula is C17H30N4O8. The van der Waals surface area contributed by atoms with Gasteiger partial charge >= 0.3 is 11.9 Å². The number of carbonyl (C=O) groups is 5. The third-order valence-corrected chi connectivity index (χ3v) is 3.82. The number of aliphatic carboxylic acids is 2. The van der Waals surface area contributed by atoms with Gasteiger partial charge in [0.25, 0.3) is 0 Å². The summed E-state index contributed by atoms with van der Waals surface area (Å²) in [5.74, 6) is -4.84. The fourth-order valence-electron chi connectivity index (χ4n) is 2.32. The first-order valence-corrected chi connectivity index (χ1v) is 9.10. The Morgan fingerprint density at radius 1 is 0.897 bits per heavy atom. The first-order chi connectivity index (χ1) is 13.3. The van der Waals surface area contributed by atoms with Gasteiger partial charge in [-0.3, -0.25) is 24.0 Å². The average molecular weight is 418 g/mol. The van der Waals surface area contributed by atoms with Gasteiger partial charge in [0.15, 0.2) is 0 Å². The van der Waals surface area contributed by atoms with Crippen LogP contribution in [0, 0.1) is 5.92 Å². The molecule has 0 saturated carbocycles. The number of hydrogen-bond donors (Lipinski definition) is 7. The lowest BCUT2D eigenvalue weighted by atomic mass is 10.0. The first kappa shape index (κ1) is 26.3. The van der Waals surface area contributed by atoms with Crippen molar-refractivity contribution in [1.29, 1.82) is 0 Å². The van der Waals surface area contributed by atoms with Crippen molar-refractivity contribution in [2.75, 3.05) is 6.54 Å². The number of nitrogens with one attached hydrogen (secondary N) is 3. The summed E-state index contributed by atoms with van der Waals surface area (Å²) in [6, 6.07) is -3.67. The van der Waals surface area contributed by atoms with Crippen LogP contribution in [0.25, 0.3) is 0 Å². The Hall–Kier alpha value is -2.73. The zero-order valence-electron chi connectivity index (χ0n) is 16.7. The molecule has 0 bridgehead atoms. The molecule has 0 spiro atoms. The van der Waals surface area contributed by atoms with Gasteiger partial charge in [-0.25, -0.2) is 0 Å². The molecule has 0 aromatic rings. The zero-order valence-corrected chi connectivity index (χ0v) is 16.7. The van der Waals surface area contributed by atoms with Crippen LogP contribution in [-0.4, -0.2) is 75.8 Å².